The number of piperidine rings is 3. The molecule has 4 atom stereocenters. The van der Waals surface area contributed by atoms with Gasteiger partial charge in [-0.15, -0.1) is 0 Å². The molecule has 3 amide bonds. The summed E-state index contributed by atoms with van der Waals surface area (Å²) in [4.78, 5) is 49.9. The Morgan fingerprint density at radius 3 is 2.49 bits per heavy atom. The smallest absolute Gasteiger partial charge is 0.409 e. The second-order valence-corrected chi connectivity index (χ2v) is 14.3. The number of fused-ring (bicyclic) bond motifs is 2. The van der Waals surface area contributed by atoms with Gasteiger partial charge in [-0.1, -0.05) is 12.1 Å². The number of likely N-dealkylation sites (tertiary alicyclic amines) is 3. The molecule has 246 valence electrons. The molecule has 5 fully saturated rings. The van der Waals surface area contributed by atoms with Crippen LogP contribution in [0.3, 0.4) is 0 Å². The van der Waals surface area contributed by atoms with E-state index in [9.17, 15) is 19.5 Å². The second-order valence-electron chi connectivity index (χ2n) is 14.3. The molecule has 1 aromatic rings. The summed E-state index contributed by atoms with van der Waals surface area (Å²) in [5.74, 6) is 0.558. The fourth-order valence-corrected chi connectivity index (χ4v) is 9.11. The monoisotopic (exact) mass is 622 g/mol. The number of para-hydroxylation sites is 1. The first-order chi connectivity index (χ1) is 21.8. The third-order valence-electron chi connectivity index (χ3n) is 11.8. The molecule has 0 radical (unpaired) electrons. The molecule has 0 saturated carbocycles. The maximum absolute atomic E-state index is 13.0. The molecule has 1 N–H and O–H groups in total. The van der Waals surface area contributed by atoms with Crippen LogP contribution >= 0.6 is 0 Å². The van der Waals surface area contributed by atoms with Gasteiger partial charge in [0, 0.05) is 52.2 Å². The number of carbonyl (C=O) groups is 3. The number of likely N-dealkylation sites (N-methyl/N-ethyl adjacent to an activating group) is 1. The van der Waals surface area contributed by atoms with Crippen LogP contribution in [0.4, 0.5) is 16.2 Å². The largest absolute Gasteiger partial charge is 0.448 e. The molecule has 6 aliphatic heterocycles. The molecule has 0 aromatic heterocycles. The number of hydrogen-bond donors (Lipinski definition) is 1. The van der Waals surface area contributed by atoms with Crippen molar-refractivity contribution in [2.75, 3.05) is 69.8 Å². The summed E-state index contributed by atoms with van der Waals surface area (Å²) in [5.41, 5.74) is 3.11. The normalized spacial score (nSPS) is 30.4. The number of imide groups is 1. The van der Waals surface area contributed by atoms with Gasteiger partial charge in [0.05, 0.1) is 11.4 Å². The number of carbonyl (C=O) groups excluding carboxylic acids is 3. The van der Waals surface area contributed by atoms with Gasteiger partial charge in [-0.2, -0.15) is 0 Å². The van der Waals surface area contributed by atoms with Crippen molar-refractivity contribution >= 4 is 29.3 Å². The van der Waals surface area contributed by atoms with Crippen molar-refractivity contribution in [3.05, 3.63) is 23.8 Å². The highest BCUT2D eigenvalue weighted by Crippen LogP contribution is 2.47. The first-order valence-corrected chi connectivity index (χ1v) is 17.3. The predicted octanol–water partition coefficient (Wildman–Crippen LogP) is 3.02. The Bertz CT molecular complexity index is 1280. The van der Waals surface area contributed by atoms with Gasteiger partial charge >= 0.3 is 6.09 Å². The van der Waals surface area contributed by atoms with Crippen LogP contribution < -0.4 is 9.80 Å². The van der Waals surface area contributed by atoms with E-state index in [1.165, 1.54) is 36.8 Å². The van der Waals surface area contributed by atoms with E-state index in [-0.39, 0.29) is 17.9 Å². The molecule has 45 heavy (non-hydrogen) atoms. The zero-order valence-electron chi connectivity index (χ0n) is 27.0. The molecule has 6 heterocycles. The lowest BCUT2D eigenvalue weighted by atomic mass is 9.86. The summed E-state index contributed by atoms with van der Waals surface area (Å²) in [7, 11) is 3.43. The summed E-state index contributed by atoms with van der Waals surface area (Å²) in [6.45, 7) is 6.39. The van der Waals surface area contributed by atoms with Crippen LogP contribution in [0.25, 0.3) is 0 Å². The van der Waals surface area contributed by atoms with E-state index in [4.69, 9.17) is 4.74 Å². The van der Waals surface area contributed by atoms with E-state index in [1.807, 2.05) is 29.0 Å². The van der Waals surface area contributed by atoms with Gasteiger partial charge in [0.25, 0.3) is 5.91 Å². The summed E-state index contributed by atoms with van der Waals surface area (Å²) < 4.78 is 5.79. The number of hydrogen-bond acceptors (Lipinski definition) is 9. The summed E-state index contributed by atoms with van der Waals surface area (Å²) in [6, 6.07) is 6.79. The molecule has 6 aliphatic rings. The van der Waals surface area contributed by atoms with E-state index in [2.05, 4.69) is 15.9 Å². The number of aliphatic hydroxyl groups excluding tert-OH is 1. The van der Waals surface area contributed by atoms with Crippen molar-refractivity contribution < 1.29 is 24.2 Å². The quantitative estimate of drug-likeness (QED) is 0.480. The third kappa shape index (κ3) is 5.80. The second kappa shape index (κ2) is 12.7. The lowest BCUT2D eigenvalue weighted by Crippen LogP contribution is -2.57. The standard InChI is InChI=1S/C34H50N6O5/c1-35-30(41)11-10-29(32(35)42)40-28-7-3-6-27(31(28)36(2)33(40)43)24-14-17-37(18-15-24)21-23-12-19-38(20-13-23)34(44)45-22-26-9-8-25-5-4-16-39(25)26/h3,6-7,23-26,29,33,43H,4-5,8-22H2,1-2H3. The zero-order chi connectivity index (χ0) is 31.2. The Balaban J connectivity index is 0.897. The summed E-state index contributed by atoms with van der Waals surface area (Å²) >= 11 is 0. The van der Waals surface area contributed by atoms with Gasteiger partial charge in [-0.05, 0) is 101 Å². The van der Waals surface area contributed by atoms with Crippen molar-refractivity contribution in [3.8, 4) is 0 Å². The molecular weight excluding hydrogens is 572 g/mol. The fraction of sp³-hybridized carbons (Fsp3) is 0.735. The molecule has 0 aliphatic carbocycles. The molecule has 0 spiro atoms. The molecular formula is C34H50N6O5. The van der Waals surface area contributed by atoms with Crippen molar-refractivity contribution in [2.45, 2.75) is 94.6 Å². The Morgan fingerprint density at radius 1 is 0.933 bits per heavy atom. The molecule has 11 heteroatoms. The van der Waals surface area contributed by atoms with Gasteiger partial charge in [-0.3, -0.25) is 19.4 Å². The third-order valence-corrected chi connectivity index (χ3v) is 11.8. The van der Waals surface area contributed by atoms with Crippen molar-refractivity contribution in [1.29, 1.82) is 0 Å². The van der Waals surface area contributed by atoms with Crippen LogP contribution in [-0.2, 0) is 14.3 Å². The van der Waals surface area contributed by atoms with Crippen LogP contribution in [0, 0.1) is 5.92 Å². The highest BCUT2D eigenvalue weighted by molar-refractivity contribution is 6.02. The van der Waals surface area contributed by atoms with Crippen molar-refractivity contribution in [1.82, 2.24) is 19.6 Å². The van der Waals surface area contributed by atoms with Crippen LogP contribution in [0.2, 0.25) is 0 Å². The van der Waals surface area contributed by atoms with E-state index >= 15 is 0 Å². The van der Waals surface area contributed by atoms with Crippen molar-refractivity contribution in [2.24, 2.45) is 5.92 Å². The lowest BCUT2D eigenvalue weighted by Gasteiger charge is -2.38. The minimum Gasteiger partial charge on any atom is -0.448 e. The Morgan fingerprint density at radius 2 is 1.71 bits per heavy atom. The number of rotatable bonds is 6. The number of anilines is 2. The minimum atomic E-state index is -0.944. The maximum Gasteiger partial charge on any atom is 0.409 e. The van der Waals surface area contributed by atoms with Crippen LogP contribution in [0.1, 0.15) is 75.7 Å². The number of ether oxygens (including phenoxy) is 1. The van der Waals surface area contributed by atoms with Gasteiger partial charge < -0.3 is 29.4 Å². The number of amides is 3. The molecule has 1 aromatic carbocycles. The van der Waals surface area contributed by atoms with Gasteiger partial charge in [0.15, 0.2) is 0 Å². The first-order valence-electron chi connectivity index (χ1n) is 17.3. The predicted molar refractivity (Wildman–Crippen MR) is 171 cm³/mol. The van der Waals surface area contributed by atoms with Crippen LogP contribution in [0.5, 0.6) is 0 Å². The molecule has 4 unspecified atom stereocenters. The number of benzene rings is 1. The first kappa shape index (κ1) is 30.7. The summed E-state index contributed by atoms with van der Waals surface area (Å²) in [5, 5.41) is 11.3. The van der Waals surface area contributed by atoms with Gasteiger partial charge in [0.2, 0.25) is 12.3 Å². The lowest BCUT2D eigenvalue weighted by molar-refractivity contribution is -0.147. The average Bonchev–Trinajstić information content (AvgIpc) is 3.75. The SMILES string of the molecule is CN1C(=O)CCC(N2c3cccc(C4CCN(CC5CCN(C(=O)OCC6CCC7CCCN76)CC5)CC4)c3N(C)C2O)C1=O. The molecule has 7 rings (SSSR count). The zero-order valence-corrected chi connectivity index (χ0v) is 27.0. The van der Waals surface area contributed by atoms with E-state index in [0.29, 0.717) is 37.3 Å². The minimum absolute atomic E-state index is 0.130. The van der Waals surface area contributed by atoms with Crippen LogP contribution in [-0.4, -0.2) is 127 Å². The van der Waals surface area contributed by atoms with E-state index in [0.717, 1.165) is 88.8 Å². The number of nitrogens with zero attached hydrogens (tertiary/aromatic N) is 6. The van der Waals surface area contributed by atoms with Gasteiger partial charge in [0.1, 0.15) is 12.6 Å². The summed E-state index contributed by atoms with van der Waals surface area (Å²) in [6.07, 6.45) is 8.77. The van der Waals surface area contributed by atoms with E-state index < -0.39 is 12.4 Å². The Labute approximate surface area is 267 Å². The highest BCUT2D eigenvalue weighted by Gasteiger charge is 2.45. The molecule has 11 nitrogen and oxygen atoms in total. The van der Waals surface area contributed by atoms with Gasteiger partial charge in [-0.25, -0.2) is 4.79 Å². The Hall–Kier alpha value is -2.89. The number of aliphatic hydroxyl groups is 1. The van der Waals surface area contributed by atoms with Crippen molar-refractivity contribution in [3.63, 3.8) is 0 Å². The Kier molecular flexibility index (Phi) is 8.69. The fourth-order valence-electron chi connectivity index (χ4n) is 9.11. The maximum atomic E-state index is 13.0. The average molecular weight is 623 g/mol. The highest BCUT2D eigenvalue weighted by atomic mass is 16.6. The van der Waals surface area contributed by atoms with E-state index in [1.54, 1.807) is 4.90 Å². The topological polar surface area (TPSA) is 100 Å². The molecule has 5 saturated heterocycles. The van der Waals surface area contributed by atoms with Crippen LogP contribution in [0.15, 0.2) is 18.2 Å². The molecule has 0 bridgehead atoms.